The SMILES string of the molecule is COc1c(C)cc(NCC2CNC2)cc1C. The van der Waals surface area contributed by atoms with Gasteiger partial charge in [0.1, 0.15) is 5.75 Å². The van der Waals surface area contributed by atoms with E-state index in [1.165, 1.54) is 16.8 Å². The smallest absolute Gasteiger partial charge is 0.124 e. The predicted octanol–water partition coefficient (Wildman–Crippen LogP) is 1.94. The predicted molar refractivity (Wildman–Crippen MR) is 67.3 cm³/mol. The maximum Gasteiger partial charge on any atom is 0.124 e. The number of anilines is 1. The van der Waals surface area contributed by atoms with E-state index < -0.39 is 0 Å². The van der Waals surface area contributed by atoms with Gasteiger partial charge in [-0.05, 0) is 37.1 Å². The number of aryl methyl sites for hydroxylation is 2. The van der Waals surface area contributed by atoms with Crippen LogP contribution in [-0.4, -0.2) is 26.7 Å². The van der Waals surface area contributed by atoms with Crippen molar-refractivity contribution in [2.75, 3.05) is 32.1 Å². The van der Waals surface area contributed by atoms with Gasteiger partial charge < -0.3 is 15.4 Å². The average molecular weight is 220 g/mol. The maximum atomic E-state index is 5.35. The van der Waals surface area contributed by atoms with Gasteiger partial charge in [-0.2, -0.15) is 0 Å². The van der Waals surface area contributed by atoms with E-state index in [2.05, 4.69) is 36.6 Å². The summed E-state index contributed by atoms with van der Waals surface area (Å²) >= 11 is 0. The quantitative estimate of drug-likeness (QED) is 0.813. The van der Waals surface area contributed by atoms with Crippen LogP contribution in [0, 0.1) is 19.8 Å². The summed E-state index contributed by atoms with van der Waals surface area (Å²) in [7, 11) is 1.72. The molecule has 0 spiro atoms. The molecule has 2 N–H and O–H groups in total. The molecule has 3 heteroatoms. The minimum absolute atomic E-state index is 0.780. The van der Waals surface area contributed by atoms with Crippen LogP contribution < -0.4 is 15.4 Å². The fraction of sp³-hybridized carbons (Fsp3) is 0.538. The normalized spacial score (nSPS) is 15.7. The molecule has 2 rings (SSSR count). The molecule has 1 aliphatic rings. The minimum atomic E-state index is 0.780. The molecule has 88 valence electrons. The van der Waals surface area contributed by atoms with Crippen LogP contribution in [0.4, 0.5) is 5.69 Å². The molecule has 0 unspecified atom stereocenters. The Morgan fingerprint density at radius 1 is 1.31 bits per heavy atom. The first-order valence-corrected chi connectivity index (χ1v) is 5.80. The minimum Gasteiger partial charge on any atom is -0.496 e. The molecule has 0 bridgehead atoms. The average Bonchev–Trinajstić information content (AvgIpc) is 2.15. The summed E-state index contributed by atoms with van der Waals surface area (Å²) in [6, 6.07) is 4.30. The lowest BCUT2D eigenvalue weighted by Crippen LogP contribution is -2.45. The largest absolute Gasteiger partial charge is 0.496 e. The van der Waals surface area contributed by atoms with Gasteiger partial charge in [0.05, 0.1) is 7.11 Å². The van der Waals surface area contributed by atoms with Crippen molar-refractivity contribution in [3.05, 3.63) is 23.3 Å². The first kappa shape index (κ1) is 11.3. The van der Waals surface area contributed by atoms with Crippen LogP contribution in [0.2, 0.25) is 0 Å². The zero-order valence-corrected chi connectivity index (χ0v) is 10.3. The summed E-state index contributed by atoms with van der Waals surface area (Å²) in [5.74, 6) is 1.78. The van der Waals surface area contributed by atoms with E-state index in [0.717, 1.165) is 31.3 Å². The van der Waals surface area contributed by atoms with Crippen LogP contribution in [0.5, 0.6) is 5.75 Å². The first-order chi connectivity index (χ1) is 7.70. The van der Waals surface area contributed by atoms with E-state index in [1.807, 2.05) is 0 Å². The molecule has 16 heavy (non-hydrogen) atoms. The molecule has 0 aromatic heterocycles. The van der Waals surface area contributed by atoms with Gasteiger partial charge in [0.15, 0.2) is 0 Å². The van der Waals surface area contributed by atoms with Crippen molar-refractivity contribution in [2.24, 2.45) is 5.92 Å². The van der Waals surface area contributed by atoms with Crippen molar-refractivity contribution in [3.8, 4) is 5.75 Å². The molecule has 1 heterocycles. The van der Waals surface area contributed by atoms with Gasteiger partial charge in [0, 0.05) is 31.2 Å². The van der Waals surface area contributed by atoms with E-state index in [-0.39, 0.29) is 0 Å². The van der Waals surface area contributed by atoms with Gasteiger partial charge in [-0.15, -0.1) is 0 Å². The number of rotatable bonds is 4. The van der Waals surface area contributed by atoms with Crippen molar-refractivity contribution >= 4 is 5.69 Å². The molecular formula is C13H20N2O. The Morgan fingerprint density at radius 3 is 2.38 bits per heavy atom. The molecule has 0 amide bonds. The Labute approximate surface area is 97.2 Å². The number of benzene rings is 1. The molecule has 0 aliphatic carbocycles. The lowest BCUT2D eigenvalue weighted by atomic mass is 10.0. The van der Waals surface area contributed by atoms with Crippen molar-refractivity contribution in [1.29, 1.82) is 0 Å². The van der Waals surface area contributed by atoms with E-state index in [9.17, 15) is 0 Å². The summed E-state index contributed by atoms with van der Waals surface area (Å²) in [5, 5.41) is 6.76. The van der Waals surface area contributed by atoms with Crippen LogP contribution >= 0.6 is 0 Å². The monoisotopic (exact) mass is 220 g/mol. The van der Waals surface area contributed by atoms with Crippen LogP contribution in [0.15, 0.2) is 12.1 Å². The van der Waals surface area contributed by atoms with Gasteiger partial charge in [0.2, 0.25) is 0 Å². The number of hydrogen-bond acceptors (Lipinski definition) is 3. The third kappa shape index (κ3) is 2.30. The Bertz CT molecular complexity index is 349. The van der Waals surface area contributed by atoms with Crippen molar-refractivity contribution < 1.29 is 4.74 Å². The highest BCUT2D eigenvalue weighted by molar-refractivity contribution is 5.55. The lowest BCUT2D eigenvalue weighted by molar-refractivity contribution is 0.365. The number of ether oxygens (including phenoxy) is 1. The van der Waals surface area contributed by atoms with Crippen LogP contribution in [0.1, 0.15) is 11.1 Å². The van der Waals surface area contributed by atoms with E-state index >= 15 is 0 Å². The molecule has 1 fully saturated rings. The molecule has 1 saturated heterocycles. The molecule has 1 aliphatic heterocycles. The number of hydrogen-bond donors (Lipinski definition) is 2. The fourth-order valence-electron chi connectivity index (χ4n) is 2.13. The highest BCUT2D eigenvalue weighted by atomic mass is 16.5. The molecule has 1 aromatic rings. The van der Waals surface area contributed by atoms with Crippen molar-refractivity contribution in [2.45, 2.75) is 13.8 Å². The van der Waals surface area contributed by atoms with Crippen LogP contribution in [0.25, 0.3) is 0 Å². The molecular weight excluding hydrogens is 200 g/mol. The Kier molecular flexibility index (Phi) is 3.34. The Morgan fingerprint density at radius 2 is 1.94 bits per heavy atom. The van der Waals surface area contributed by atoms with Gasteiger partial charge >= 0.3 is 0 Å². The summed E-state index contributed by atoms with van der Waals surface area (Å²) < 4.78 is 5.35. The van der Waals surface area contributed by atoms with Crippen molar-refractivity contribution in [3.63, 3.8) is 0 Å². The Balaban J connectivity index is 2.03. The van der Waals surface area contributed by atoms with Crippen LogP contribution in [-0.2, 0) is 0 Å². The number of nitrogens with one attached hydrogen (secondary N) is 2. The summed E-state index contributed by atoms with van der Waals surface area (Å²) in [4.78, 5) is 0. The van der Waals surface area contributed by atoms with Crippen LogP contribution in [0.3, 0.4) is 0 Å². The van der Waals surface area contributed by atoms with Crippen molar-refractivity contribution in [1.82, 2.24) is 5.32 Å². The third-order valence-electron chi connectivity index (χ3n) is 3.13. The second kappa shape index (κ2) is 4.74. The molecule has 0 saturated carbocycles. The highest BCUT2D eigenvalue weighted by Gasteiger charge is 2.16. The Hall–Kier alpha value is -1.22. The first-order valence-electron chi connectivity index (χ1n) is 5.80. The maximum absolute atomic E-state index is 5.35. The van der Waals surface area contributed by atoms with Gasteiger partial charge in [-0.1, -0.05) is 0 Å². The second-order valence-electron chi connectivity index (χ2n) is 4.55. The molecule has 0 atom stereocenters. The van der Waals surface area contributed by atoms with E-state index in [0.29, 0.717) is 0 Å². The topological polar surface area (TPSA) is 33.3 Å². The van der Waals surface area contributed by atoms with Gasteiger partial charge in [-0.3, -0.25) is 0 Å². The standard InChI is InChI=1S/C13H20N2O/c1-9-4-12(5-10(2)13(9)16-3)15-8-11-6-14-7-11/h4-5,11,14-15H,6-8H2,1-3H3. The second-order valence-corrected chi connectivity index (χ2v) is 4.55. The zero-order chi connectivity index (χ0) is 11.5. The lowest BCUT2D eigenvalue weighted by Gasteiger charge is -2.27. The highest BCUT2D eigenvalue weighted by Crippen LogP contribution is 2.26. The van der Waals surface area contributed by atoms with Gasteiger partial charge in [-0.25, -0.2) is 0 Å². The van der Waals surface area contributed by atoms with E-state index in [1.54, 1.807) is 7.11 Å². The third-order valence-corrected chi connectivity index (χ3v) is 3.13. The molecule has 1 aromatic carbocycles. The summed E-state index contributed by atoms with van der Waals surface area (Å²) in [5.41, 5.74) is 3.58. The summed E-state index contributed by atoms with van der Waals surface area (Å²) in [6.45, 7) is 7.50. The number of methoxy groups -OCH3 is 1. The fourth-order valence-corrected chi connectivity index (χ4v) is 2.13. The van der Waals surface area contributed by atoms with E-state index in [4.69, 9.17) is 4.74 Å². The molecule has 3 nitrogen and oxygen atoms in total. The zero-order valence-electron chi connectivity index (χ0n) is 10.3. The molecule has 0 radical (unpaired) electrons. The summed E-state index contributed by atoms with van der Waals surface area (Å²) in [6.07, 6.45) is 0. The van der Waals surface area contributed by atoms with Gasteiger partial charge in [0.25, 0.3) is 0 Å².